The number of rotatable bonds is 3. The lowest BCUT2D eigenvalue weighted by Gasteiger charge is -2.18. The molecule has 0 aliphatic carbocycles. The standard InChI is InChI=1S/C20H17NO2/c22-20(23)19-17(16-10-3-4-11-18(16)21-19)12-14-8-5-7-13-6-1-2-9-15(13)14/h1-11,17,19,21H,12H2,(H,22,23). The number of benzene rings is 3. The first-order valence-electron chi connectivity index (χ1n) is 7.79. The van der Waals surface area contributed by atoms with Crippen molar-refractivity contribution in [2.24, 2.45) is 0 Å². The third kappa shape index (κ3) is 2.34. The number of anilines is 1. The van der Waals surface area contributed by atoms with E-state index in [0.29, 0.717) is 6.42 Å². The molecule has 0 spiro atoms. The van der Waals surface area contributed by atoms with Gasteiger partial charge in [0.2, 0.25) is 0 Å². The molecule has 0 bridgehead atoms. The molecule has 4 rings (SSSR count). The third-order valence-electron chi connectivity index (χ3n) is 4.66. The number of aliphatic carboxylic acids is 1. The van der Waals surface area contributed by atoms with Gasteiger partial charge in [-0.15, -0.1) is 0 Å². The fourth-order valence-corrected chi connectivity index (χ4v) is 3.57. The fourth-order valence-electron chi connectivity index (χ4n) is 3.57. The average Bonchev–Trinajstić information content (AvgIpc) is 2.94. The maximum atomic E-state index is 11.7. The van der Waals surface area contributed by atoms with Gasteiger partial charge in [0.05, 0.1) is 0 Å². The molecule has 0 amide bonds. The molecule has 1 heterocycles. The third-order valence-corrected chi connectivity index (χ3v) is 4.66. The molecule has 3 heteroatoms. The Hall–Kier alpha value is -2.81. The second kappa shape index (κ2) is 5.43. The topological polar surface area (TPSA) is 49.3 Å². The smallest absolute Gasteiger partial charge is 0.326 e. The van der Waals surface area contributed by atoms with E-state index in [0.717, 1.165) is 11.3 Å². The van der Waals surface area contributed by atoms with E-state index in [1.54, 1.807) is 0 Å². The summed E-state index contributed by atoms with van der Waals surface area (Å²) in [4.78, 5) is 11.7. The Labute approximate surface area is 134 Å². The summed E-state index contributed by atoms with van der Waals surface area (Å²) in [6, 6.07) is 21.8. The molecule has 1 aliphatic rings. The number of para-hydroxylation sites is 1. The molecule has 3 aromatic rings. The zero-order chi connectivity index (χ0) is 15.8. The lowest BCUT2D eigenvalue weighted by atomic mass is 9.87. The van der Waals surface area contributed by atoms with Crippen LogP contribution in [0.15, 0.2) is 66.7 Å². The normalized spacial score (nSPS) is 19.3. The van der Waals surface area contributed by atoms with Gasteiger partial charge in [0.25, 0.3) is 0 Å². The van der Waals surface area contributed by atoms with E-state index in [-0.39, 0.29) is 5.92 Å². The van der Waals surface area contributed by atoms with Gasteiger partial charge < -0.3 is 10.4 Å². The minimum absolute atomic E-state index is 0.0606. The van der Waals surface area contributed by atoms with Gasteiger partial charge in [-0.25, -0.2) is 4.79 Å². The first-order chi connectivity index (χ1) is 11.2. The number of nitrogens with one attached hydrogen (secondary N) is 1. The van der Waals surface area contributed by atoms with Crippen molar-refractivity contribution in [2.45, 2.75) is 18.4 Å². The Morgan fingerprint density at radius 1 is 0.957 bits per heavy atom. The number of hydrogen-bond acceptors (Lipinski definition) is 2. The largest absolute Gasteiger partial charge is 0.480 e. The van der Waals surface area contributed by atoms with Gasteiger partial charge in [-0.1, -0.05) is 60.7 Å². The molecule has 3 nitrogen and oxygen atoms in total. The van der Waals surface area contributed by atoms with Crippen molar-refractivity contribution >= 4 is 22.4 Å². The van der Waals surface area contributed by atoms with Crippen molar-refractivity contribution in [1.29, 1.82) is 0 Å². The van der Waals surface area contributed by atoms with Crippen molar-refractivity contribution in [3.63, 3.8) is 0 Å². The van der Waals surface area contributed by atoms with Crippen LogP contribution in [-0.4, -0.2) is 17.1 Å². The highest BCUT2D eigenvalue weighted by molar-refractivity contribution is 5.87. The molecule has 23 heavy (non-hydrogen) atoms. The van der Waals surface area contributed by atoms with E-state index in [9.17, 15) is 9.90 Å². The van der Waals surface area contributed by atoms with Crippen LogP contribution >= 0.6 is 0 Å². The molecule has 0 saturated carbocycles. The van der Waals surface area contributed by atoms with Crippen LogP contribution in [0.3, 0.4) is 0 Å². The summed E-state index contributed by atoms with van der Waals surface area (Å²) in [6.07, 6.45) is 0.711. The summed E-state index contributed by atoms with van der Waals surface area (Å²) in [6.45, 7) is 0. The first kappa shape index (κ1) is 13.8. The van der Waals surface area contributed by atoms with Crippen molar-refractivity contribution in [1.82, 2.24) is 0 Å². The first-order valence-corrected chi connectivity index (χ1v) is 7.79. The highest BCUT2D eigenvalue weighted by atomic mass is 16.4. The Balaban J connectivity index is 1.78. The van der Waals surface area contributed by atoms with Crippen molar-refractivity contribution in [3.05, 3.63) is 77.9 Å². The lowest BCUT2D eigenvalue weighted by molar-refractivity contribution is -0.138. The maximum absolute atomic E-state index is 11.7. The van der Waals surface area contributed by atoms with Gasteiger partial charge in [-0.05, 0) is 34.4 Å². The summed E-state index contributed by atoms with van der Waals surface area (Å²) in [5, 5.41) is 15.1. The van der Waals surface area contributed by atoms with E-state index < -0.39 is 12.0 Å². The molecule has 0 fully saturated rings. The number of fused-ring (bicyclic) bond motifs is 2. The van der Waals surface area contributed by atoms with Gasteiger partial charge in [-0.3, -0.25) is 0 Å². The van der Waals surface area contributed by atoms with E-state index in [1.165, 1.54) is 16.3 Å². The van der Waals surface area contributed by atoms with Crippen LogP contribution in [0.25, 0.3) is 10.8 Å². The molecule has 114 valence electrons. The minimum atomic E-state index is -0.800. The number of carbonyl (C=O) groups is 1. The Morgan fingerprint density at radius 2 is 1.70 bits per heavy atom. The quantitative estimate of drug-likeness (QED) is 0.767. The van der Waals surface area contributed by atoms with E-state index in [4.69, 9.17) is 0 Å². The molecule has 0 saturated heterocycles. The second-order valence-electron chi connectivity index (χ2n) is 6.00. The Morgan fingerprint density at radius 3 is 2.57 bits per heavy atom. The summed E-state index contributed by atoms with van der Waals surface area (Å²) >= 11 is 0. The molecule has 2 atom stereocenters. The molecule has 0 radical (unpaired) electrons. The monoisotopic (exact) mass is 303 g/mol. The Bertz CT molecular complexity index is 882. The zero-order valence-electron chi connectivity index (χ0n) is 12.6. The van der Waals surface area contributed by atoms with Crippen LogP contribution in [-0.2, 0) is 11.2 Å². The number of hydrogen-bond donors (Lipinski definition) is 2. The highest BCUT2D eigenvalue weighted by Gasteiger charge is 2.36. The van der Waals surface area contributed by atoms with Gasteiger partial charge in [-0.2, -0.15) is 0 Å². The molecule has 2 unspecified atom stereocenters. The summed E-state index contributed by atoms with van der Waals surface area (Å²) in [5.41, 5.74) is 3.22. The van der Waals surface area contributed by atoms with Crippen LogP contribution in [0.5, 0.6) is 0 Å². The van der Waals surface area contributed by atoms with Crippen LogP contribution in [0, 0.1) is 0 Å². The van der Waals surface area contributed by atoms with Crippen molar-refractivity contribution in [2.75, 3.05) is 5.32 Å². The zero-order valence-corrected chi connectivity index (χ0v) is 12.6. The molecule has 3 aromatic carbocycles. The molecule has 2 N–H and O–H groups in total. The van der Waals surface area contributed by atoms with Crippen LogP contribution in [0.2, 0.25) is 0 Å². The maximum Gasteiger partial charge on any atom is 0.326 e. The predicted molar refractivity (Wildman–Crippen MR) is 91.9 cm³/mol. The predicted octanol–water partition coefficient (Wildman–Crippen LogP) is 4.04. The van der Waals surface area contributed by atoms with Crippen LogP contribution < -0.4 is 5.32 Å². The van der Waals surface area contributed by atoms with Gasteiger partial charge in [0, 0.05) is 11.6 Å². The molecule has 1 aliphatic heterocycles. The highest BCUT2D eigenvalue weighted by Crippen LogP contribution is 2.39. The Kier molecular flexibility index (Phi) is 3.27. The summed E-state index contributed by atoms with van der Waals surface area (Å²) in [5.74, 6) is -0.860. The molecular formula is C20H17NO2. The number of carboxylic acid groups (broad SMARTS) is 1. The average molecular weight is 303 g/mol. The van der Waals surface area contributed by atoms with E-state index in [1.807, 2.05) is 42.5 Å². The summed E-state index contributed by atoms with van der Waals surface area (Å²) in [7, 11) is 0. The van der Waals surface area contributed by atoms with Crippen molar-refractivity contribution in [3.8, 4) is 0 Å². The van der Waals surface area contributed by atoms with Crippen LogP contribution in [0.4, 0.5) is 5.69 Å². The molecule has 0 aromatic heterocycles. The second-order valence-corrected chi connectivity index (χ2v) is 6.00. The minimum Gasteiger partial charge on any atom is -0.480 e. The van der Waals surface area contributed by atoms with Gasteiger partial charge in [0.15, 0.2) is 0 Å². The van der Waals surface area contributed by atoms with E-state index >= 15 is 0 Å². The van der Waals surface area contributed by atoms with Crippen LogP contribution in [0.1, 0.15) is 17.0 Å². The fraction of sp³-hybridized carbons (Fsp3) is 0.150. The number of carboxylic acids is 1. The van der Waals surface area contributed by atoms with Gasteiger partial charge in [0.1, 0.15) is 6.04 Å². The van der Waals surface area contributed by atoms with E-state index in [2.05, 4.69) is 29.6 Å². The van der Waals surface area contributed by atoms with Gasteiger partial charge >= 0.3 is 5.97 Å². The molecular weight excluding hydrogens is 286 g/mol. The SMILES string of the molecule is O=C(O)C1Nc2ccccc2C1Cc1cccc2ccccc12. The lowest BCUT2D eigenvalue weighted by Crippen LogP contribution is -2.31. The summed E-state index contributed by atoms with van der Waals surface area (Å²) < 4.78 is 0. The van der Waals surface area contributed by atoms with Crippen molar-refractivity contribution < 1.29 is 9.90 Å².